The lowest BCUT2D eigenvalue weighted by Gasteiger charge is -2.35. The normalized spacial score (nSPS) is 19.5. The number of nitrogens with zero attached hydrogens (tertiary/aromatic N) is 1. The lowest BCUT2D eigenvalue weighted by atomic mass is 10.0. The summed E-state index contributed by atoms with van der Waals surface area (Å²) in [5, 5.41) is 2.77. The smallest absolute Gasteiger partial charge is 0.285 e. The molecular formula is C24H33FN4O2+2. The highest BCUT2D eigenvalue weighted by Gasteiger charge is 2.37. The first-order valence-corrected chi connectivity index (χ1v) is 11.1. The standard InChI is InChI=1S/C24H31FN4O2/c1-3-28(4-2)24(31)23(19-9-6-5-7-10-19)29-15-13-27(14-16-29)18-22(30)26-21-12-8-11-20(25)17-21/h5-12,17,23H,3-4,13-16,18H2,1-2H3,(H,26,30)/p+2/t23-/m1/s1. The Hall–Kier alpha value is -2.77. The molecule has 1 aliphatic rings. The summed E-state index contributed by atoms with van der Waals surface area (Å²) in [5.41, 5.74) is 1.52. The third-order valence-electron chi connectivity index (χ3n) is 5.98. The van der Waals surface area contributed by atoms with Gasteiger partial charge in [-0.1, -0.05) is 36.4 Å². The number of quaternary nitrogens is 2. The Morgan fingerprint density at radius 3 is 2.29 bits per heavy atom. The summed E-state index contributed by atoms with van der Waals surface area (Å²) in [4.78, 5) is 30.0. The van der Waals surface area contributed by atoms with Gasteiger partial charge >= 0.3 is 0 Å². The number of hydrogen-bond acceptors (Lipinski definition) is 2. The third-order valence-corrected chi connectivity index (χ3v) is 5.98. The molecule has 0 spiro atoms. The second-order valence-electron chi connectivity index (χ2n) is 8.00. The number of amides is 2. The van der Waals surface area contributed by atoms with Crippen molar-refractivity contribution in [3.63, 3.8) is 0 Å². The first kappa shape index (κ1) is 22.9. The molecule has 2 amide bonds. The number of benzene rings is 2. The zero-order chi connectivity index (χ0) is 22.2. The van der Waals surface area contributed by atoms with E-state index in [0.717, 1.165) is 31.7 Å². The van der Waals surface area contributed by atoms with Gasteiger partial charge in [0.15, 0.2) is 12.6 Å². The lowest BCUT2D eigenvalue weighted by molar-refractivity contribution is -1.02. The summed E-state index contributed by atoms with van der Waals surface area (Å²) in [7, 11) is 0. The van der Waals surface area contributed by atoms with Crippen LogP contribution in [0.3, 0.4) is 0 Å². The van der Waals surface area contributed by atoms with E-state index in [4.69, 9.17) is 0 Å². The number of rotatable bonds is 8. The van der Waals surface area contributed by atoms with Gasteiger partial charge in [-0.3, -0.25) is 9.59 Å². The fourth-order valence-electron chi connectivity index (χ4n) is 4.30. The van der Waals surface area contributed by atoms with Gasteiger partial charge in [-0.25, -0.2) is 4.39 Å². The monoisotopic (exact) mass is 428 g/mol. The molecule has 0 aromatic heterocycles. The second kappa shape index (κ2) is 11.0. The number of anilines is 1. The van der Waals surface area contributed by atoms with Crippen molar-refractivity contribution in [1.29, 1.82) is 0 Å². The number of piperazine rings is 1. The van der Waals surface area contributed by atoms with Crippen LogP contribution in [0.1, 0.15) is 25.5 Å². The van der Waals surface area contributed by atoms with E-state index in [0.29, 0.717) is 25.3 Å². The Kier molecular flexibility index (Phi) is 8.14. The summed E-state index contributed by atoms with van der Waals surface area (Å²) in [5.74, 6) is -0.325. The molecule has 0 saturated carbocycles. The Labute approximate surface area is 183 Å². The van der Waals surface area contributed by atoms with Crippen molar-refractivity contribution in [2.75, 3.05) is 51.1 Å². The summed E-state index contributed by atoms with van der Waals surface area (Å²) < 4.78 is 13.3. The Bertz CT molecular complexity index is 865. The maximum atomic E-state index is 13.3. The molecule has 1 fully saturated rings. The van der Waals surface area contributed by atoms with Crippen LogP contribution in [0, 0.1) is 5.82 Å². The van der Waals surface area contributed by atoms with Crippen LogP contribution in [-0.2, 0) is 9.59 Å². The number of carbonyl (C=O) groups excluding carboxylic acids is 2. The summed E-state index contributed by atoms with van der Waals surface area (Å²) in [6, 6.07) is 15.7. The van der Waals surface area contributed by atoms with Gasteiger partial charge in [0.2, 0.25) is 0 Å². The van der Waals surface area contributed by atoms with E-state index in [9.17, 15) is 14.0 Å². The number of likely N-dealkylation sites (N-methyl/N-ethyl adjacent to an activating group) is 1. The van der Waals surface area contributed by atoms with E-state index >= 15 is 0 Å². The molecule has 1 aliphatic heterocycles. The van der Waals surface area contributed by atoms with Crippen molar-refractivity contribution in [2.45, 2.75) is 19.9 Å². The molecule has 166 valence electrons. The zero-order valence-corrected chi connectivity index (χ0v) is 18.4. The van der Waals surface area contributed by atoms with E-state index in [-0.39, 0.29) is 23.7 Å². The van der Waals surface area contributed by atoms with E-state index in [1.54, 1.807) is 12.1 Å². The first-order valence-electron chi connectivity index (χ1n) is 11.1. The van der Waals surface area contributed by atoms with Gasteiger partial charge in [-0.05, 0) is 32.0 Å². The van der Waals surface area contributed by atoms with E-state index in [1.807, 2.05) is 49.1 Å². The molecule has 0 radical (unpaired) electrons. The minimum atomic E-state index is -0.368. The topological polar surface area (TPSA) is 58.3 Å². The number of nitrogens with one attached hydrogen (secondary N) is 3. The molecule has 0 bridgehead atoms. The first-order chi connectivity index (χ1) is 15.0. The molecule has 0 unspecified atom stereocenters. The van der Waals surface area contributed by atoms with Crippen molar-refractivity contribution in [2.24, 2.45) is 0 Å². The van der Waals surface area contributed by atoms with Crippen molar-refractivity contribution < 1.29 is 23.8 Å². The van der Waals surface area contributed by atoms with Crippen LogP contribution < -0.4 is 15.1 Å². The highest BCUT2D eigenvalue weighted by molar-refractivity contribution is 5.91. The van der Waals surface area contributed by atoms with Crippen LogP contribution in [0.2, 0.25) is 0 Å². The molecule has 3 rings (SSSR count). The van der Waals surface area contributed by atoms with Crippen molar-refractivity contribution in [3.8, 4) is 0 Å². The van der Waals surface area contributed by atoms with Crippen LogP contribution in [0.25, 0.3) is 0 Å². The maximum Gasteiger partial charge on any atom is 0.285 e. The van der Waals surface area contributed by atoms with Crippen LogP contribution in [0.5, 0.6) is 0 Å². The largest absolute Gasteiger partial charge is 0.338 e. The van der Waals surface area contributed by atoms with E-state index < -0.39 is 0 Å². The molecular weight excluding hydrogens is 395 g/mol. The molecule has 6 nitrogen and oxygen atoms in total. The Morgan fingerprint density at radius 2 is 1.68 bits per heavy atom. The number of hydrogen-bond donors (Lipinski definition) is 3. The van der Waals surface area contributed by atoms with Gasteiger partial charge in [0.25, 0.3) is 11.8 Å². The van der Waals surface area contributed by atoms with Gasteiger partial charge in [0.05, 0.1) is 0 Å². The molecule has 0 aliphatic carbocycles. The summed E-state index contributed by atoms with van der Waals surface area (Å²) in [6.45, 7) is 9.00. The number of halogens is 1. The fraction of sp³-hybridized carbons (Fsp3) is 0.417. The number of carbonyl (C=O) groups is 2. The highest BCUT2D eigenvalue weighted by Crippen LogP contribution is 2.13. The predicted molar refractivity (Wildman–Crippen MR) is 118 cm³/mol. The molecule has 31 heavy (non-hydrogen) atoms. The van der Waals surface area contributed by atoms with Gasteiger partial charge in [0, 0.05) is 24.3 Å². The minimum Gasteiger partial charge on any atom is -0.338 e. The molecule has 2 aromatic carbocycles. The van der Waals surface area contributed by atoms with Crippen LogP contribution in [0.15, 0.2) is 54.6 Å². The SMILES string of the molecule is CCN(CC)C(=O)[C@@H](c1ccccc1)[NH+]1CC[NH+](CC(=O)Nc2cccc(F)c2)CC1. The fourth-order valence-corrected chi connectivity index (χ4v) is 4.30. The highest BCUT2D eigenvalue weighted by atomic mass is 19.1. The molecule has 1 atom stereocenters. The molecule has 1 heterocycles. The Morgan fingerprint density at radius 1 is 1.00 bits per heavy atom. The van der Waals surface area contributed by atoms with Crippen molar-refractivity contribution in [3.05, 3.63) is 66.0 Å². The molecule has 7 heteroatoms. The minimum absolute atomic E-state index is 0.122. The Balaban J connectivity index is 1.61. The van der Waals surface area contributed by atoms with Gasteiger partial charge < -0.3 is 20.0 Å². The molecule has 3 N–H and O–H groups in total. The van der Waals surface area contributed by atoms with E-state index in [2.05, 4.69) is 5.32 Å². The van der Waals surface area contributed by atoms with Crippen molar-refractivity contribution in [1.82, 2.24) is 4.90 Å². The molecule has 1 saturated heterocycles. The van der Waals surface area contributed by atoms with Crippen LogP contribution >= 0.6 is 0 Å². The quantitative estimate of drug-likeness (QED) is 0.561. The average molecular weight is 429 g/mol. The van der Waals surface area contributed by atoms with Crippen molar-refractivity contribution >= 4 is 17.5 Å². The summed E-state index contributed by atoms with van der Waals surface area (Å²) in [6.07, 6.45) is 0. The predicted octanol–water partition coefficient (Wildman–Crippen LogP) is 0.157. The van der Waals surface area contributed by atoms with Gasteiger partial charge in [0.1, 0.15) is 32.0 Å². The third kappa shape index (κ3) is 6.12. The molecule has 2 aromatic rings. The van der Waals surface area contributed by atoms with Crippen LogP contribution in [-0.4, -0.2) is 62.5 Å². The van der Waals surface area contributed by atoms with Gasteiger partial charge in [-0.2, -0.15) is 0 Å². The zero-order valence-electron chi connectivity index (χ0n) is 18.4. The lowest BCUT2D eigenvalue weighted by Crippen LogP contribution is -3.28. The maximum absolute atomic E-state index is 13.3. The van der Waals surface area contributed by atoms with Gasteiger partial charge in [-0.15, -0.1) is 0 Å². The second-order valence-corrected chi connectivity index (χ2v) is 8.00. The average Bonchev–Trinajstić information content (AvgIpc) is 2.77. The summed E-state index contributed by atoms with van der Waals surface area (Å²) >= 11 is 0. The van der Waals surface area contributed by atoms with Crippen LogP contribution in [0.4, 0.5) is 10.1 Å². The van der Waals surface area contributed by atoms with E-state index in [1.165, 1.54) is 21.9 Å².